The number of carbonyl (C=O) groups is 1. The van der Waals surface area contributed by atoms with Crippen LogP contribution in [0.25, 0.3) is 0 Å². The third kappa shape index (κ3) is 5.87. The molecule has 0 aromatic heterocycles. The lowest BCUT2D eigenvalue weighted by molar-refractivity contribution is -0.137. The van der Waals surface area contributed by atoms with Crippen LogP contribution in [0.2, 0.25) is 0 Å². The van der Waals surface area contributed by atoms with Crippen molar-refractivity contribution in [2.24, 2.45) is 0 Å². The maximum atomic E-state index is 12.6. The molecule has 1 aromatic rings. The third-order valence-corrected chi connectivity index (χ3v) is 3.59. The predicted molar refractivity (Wildman–Crippen MR) is 83.0 cm³/mol. The van der Waals surface area contributed by atoms with Crippen LogP contribution in [-0.2, 0) is 11.0 Å². The first-order chi connectivity index (χ1) is 11.4. The Morgan fingerprint density at radius 1 is 1.38 bits per heavy atom. The number of alkyl halides is 3. The minimum Gasteiger partial charge on any atom is -0.395 e. The van der Waals surface area contributed by atoms with Gasteiger partial charge < -0.3 is 10.4 Å². The topological polar surface area (TPSA) is 52.6 Å². The highest BCUT2D eigenvalue weighted by atomic mass is 19.4. The van der Waals surface area contributed by atoms with Crippen LogP contribution in [0.5, 0.6) is 0 Å². The lowest BCUT2D eigenvalue weighted by Gasteiger charge is -2.19. The summed E-state index contributed by atoms with van der Waals surface area (Å²) in [6, 6.07) is 5.11. The summed E-state index contributed by atoms with van der Waals surface area (Å²) < 4.78 is 37.8. The van der Waals surface area contributed by atoms with E-state index in [1.165, 1.54) is 12.1 Å². The van der Waals surface area contributed by atoms with E-state index in [4.69, 9.17) is 5.11 Å². The van der Waals surface area contributed by atoms with Gasteiger partial charge >= 0.3 is 6.18 Å². The highest BCUT2D eigenvalue weighted by Crippen LogP contribution is 2.29. The van der Waals surface area contributed by atoms with Gasteiger partial charge in [0.05, 0.1) is 25.3 Å². The average molecular weight is 340 g/mol. The second-order valence-corrected chi connectivity index (χ2v) is 5.58. The van der Waals surface area contributed by atoms with Crippen LogP contribution in [0.1, 0.15) is 24.0 Å². The summed E-state index contributed by atoms with van der Waals surface area (Å²) in [4.78, 5) is 13.7. The van der Waals surface area contributed by atoms with Gasteiger partial charge in [-0.1, -0.05) is 17.9 Å². The molecule has 1 aliphatic carbocycles. The SMILES string of the molecule is O=C(CN(CCO)C1CC1)NCC#Cc1cccc(C(F)(F)F)c1. The number of rotatable bonds is 6. The number of nitrogens with zero attached hydrogens (tertiary/aromatic N) is 1. The summed E-state index contributed by atoms with van der Waals surface area (Å²) in [6.07, 6.45) is -2.34. The molecule has 0 spiro atoms. The van der Waals surface area contributed by atoms with Gasteiger partial charge in [0.25, 0.3) is 0 Å². The lowest BCUT2D eigenvalue weighted by atomic mass is 10.1. The predicted octanol–water partition coefficient (Wildman–Crippen LogP) is 1.63. The maximum absolute atomic E-state index is 12.6. The summed E-state index contributed by atoms with van der Waals surface area (Å²) >= 11 is 0. The van der Waals surface area contributed by atoms with Gasteiger partial charge in [0.15, 0.2) is 0 Å². The zero-order valence-corrected chi connectivity index (χ0v) is 13.1. The van der Waals surface area contributed by atoms with Crippen molar-refractivity contribution in [3.63, 3.8) is 0 Å². The van der Waals surface area contributed by atoms with E-state index in [0.29, 0.717) is 12.6 Å². The second kappa shape index (κ2) is 8.18. The van der Waals surface area contributed by atoms with Gasteiger partial charge in [0, 0.05) is 18.2 Å². The number of nitrogens with one attached hydrogen (secondary N) is 1. The van der Waals surface area contributed by atoms with Crippen LogP contribution in [0.15, 0.2) is 24.3 Å². The number of halogens is 3. The Morgan fingerprint density at radius 3 is 2.75 bits per heavy atom. The molecule has 24 heavy (non-hydrogen) atoms. The minimum atomic E-state index is -4.40. The first kappa shape index (κ1) is 18.3. The van der Waals surface area contributed by atoms with Crippen molar-refractivity contribution in [2.45, 2.75) is 25.1 Å². The minimum absolute atomic E-state index is 0.000862. The third-order valence-electron chi connectivity index (χ3n) is 3.59. The number of amides is 1. The fourth-order valence-corrected chi connectivity index (χ4v) is 2.26. The average Bonchev–Trinajstić information content (AvgIpc) is 3.35. The molecule has 1 aliphatic rings. The van der Waals surface area contributed by atoms with Gasteiger partial charge in [-0.3, -0.25) is 9.69 Å². The normalized spacial score (nSPS) is 14.2. The van der Waals surface area contributed by atoms with Gasteiger partial charge in [-0.2, -0.15) is 13.2 Å². The summed E-state index contributed by atoms with van der Waals surface area (Å²) in [6.45, 7) is 0.705. The smallest absolute Gasteiger partial charge is 0.395 e. The highest BCUT2D eigenvalue weighted by molar-refractivity contribution is 5.78. The molecule has 1 saturated carbocycles. The first-order valence-electron chi connectivity index (χ1n) is 7.68. The van der Waals surface area contributed by atoms with Crippen molar-refractivity contribution in [1.82, 2.24) is 10.2 Å². The summed E-state index contributed by atoms with van der Waals surface area (Å²) in [7, 11) is 0. The largest absolute Gasteiger partial charge is 0.416 e. The Kier molecular flexibility index (Phi) is 6.23. The van der Waals surface area contributed by atoms with Crippen LogP contribution >= 0.6 is 0 Å². The molecule has 4 nitrogen and oxygen atoms in total. The van der Waals surface area contributed by atoms with Crippen molar-refractivity contribution < 1.29 is 23.1 Å². The van der Waals surface area contributed by atoms with Crippen molar-refractivity contribution in [1.29, 1.82) is 0 Å². The second-order valence-electron chi connectivity index (χ2n) is 5.58. The Labute approximate surface area is 138 Å². The fraction of sp³-hybridized carbons (Fsp3) is 0.471. The summed E-state index contributed by atoms with van der Waals surface area (Å²) in [5.74, 6) is 5.04. The van der Waals surface area contributed by atoms with Crippen LogP contribution in [-0.4, -0.2) is 48.2 Å². The van der Waals surface area contributed by atoms with Gasteiger partial charge in [-0.15, -0.1) is 0 Å². The number of hydrogen-bond acceptors (Lipinski definition) is 3. The molecular formula is C17H19F3N2O2. The molecule has 1 amide bonds. The summed E-state index contributed by atoms with van der Waals surface area (Å²) in [5, 5.41) is 11.6. The zero-order chi connectivity index (χ0) is 17.6. The van der Waals surface area contributed by atoms with Crippen molar-refractivity contribution in [3.05, 3.63) is 35.4 Å². The molecule has 1 fully saturated rings. The number of aliphatic hydroxyl groups excluding tert-OH is 1. The first-order valence-corrected chi connectivity index (χ1v) is 7.68. The molecule has 0 radical (unpaired) electrons. The molecule has 0 unspecified atom stereocenters. The quantitative estimate of drug-likeness (QED) is 0.774. The lowest BCUT2D eigenvalue weighted by Crippen LogP contribution is -2.39. The van der Waals surface area contributed by atoms with E-state index in [9.17, 15) is 18.0 Å². The Hall–Kier alpha value is -2.04. The molecule has 0 heterocycles. The van der Waals surface area contributed by atoms with E-state index in [0.717, 1.165) is 25.0 Å². The Balaban J connectivity index is 1.82. The van der Waals surface area contributed by atoms with E-state index >= 15 is 0 Å². The van der Waals surface area contributed by atoms with Crippen molar-refractivity contribution in [2.75, 3.05) is 26.2 Å². The van der Waals surface area contributed by atoms with Crippen LogP contribution < -0.4 is 5.32 Å². The van der Waals surface area contributed by atoms with E-state index in [-0.39, 0.29) is 31.2 Å². The standard InChI is InChI=1S/C17H19F3N2O2/c18-17(19,20)14-5-1-3-13(11-14)4-2-8-21-16(24)12-22(9-10-23)15-6-7-15/h1,3,5,11,15,23H,6-10,12H2,(H,21,24). The monoisotopic (exact) mass is 340 g/mol. The molecule has 2 rings (SSSR count). The van der Waals surface area contributed by atoms with Crippen LogP contribution in [0.3, 0.4) is 0 Å². The molecule has 0 bridgehead atoms. The van der Waals surface area contributed by atoms with Gasteiger partial charge in [-0.25, -0.2) is 0 Å². The van der Waals surface area contributed by atoms with Crippen molar-refractivity contribution >= 4 is 5.91 Å². The molecule has 0 atom stereocenters. The molecule has 7 heteroatoms. The van der Waals surface area contributed by atoms with Crippen LogP contribution in [0.4, 0.5) is 13.2 Å². The maximum Gasteiger partial charge on any atom is 0.416 e. The molecule has 0 aliphatic heterocycles. The van der Waals surface area contributed by atoms with E-state index in [1.807, 2.05) is 4.90 Å². The number of aliphatic hydroxyl groups is 1. The van der Waals surface area contributed by atoms with E-state index in [2.05, 4.69) is 17.2 Å². The van der Waals surface area contributed by atoms with Gasteiger partial charge in [0.1, 0.15) is 0 Å². The number of benzene rings is 1. The van der Waals surface area contributed by atoms with Crippen LogP contribution in [0, 0.1) is 11.8 Å². The zero-order valence-electron chi connectivity index (χ0n) is 13.1. The summed E-state index contributed by atoms with van der Waals surface area (Å²) in [5.41, 5.74) is -0.499. The van der Waals surface area contributed by atoms with Gasteiger partial charge in [-0.05, 0) is 31.0 Å². The van der Waals surface area contributed by atoms with E-state index < -0.39 is 11.7 Å². The Morgan fingerprint density at radius 2 is 2.12 bits per heavy atom. The number of hydrogen-bond donors (Lipinski definition) is 2. The number of carbonyl (C=O) groups excluding carboxylic acids is 1. The van der Waals surface area contributed by atoms with E-state index in [1.54, 1.807) is 0 Å². The highest BCUT2D eigenvalue weighted by Gasteiger charge is 2.30. The molecular weight excluding hydrogens is 321 g/mol. The Bertz CT molecular complexity index is 631. The molecule has 2 N–H and O–H groups in total. The molecule has 0 saturated heterocycles. The molecule has 1 aromatic carbocycles. The van der Waals surface area contributed by atoms with Gasteiger partial charge in [0.2, 0.25) is 5.91 Å². The fourth-order valence-electron chi connectivity index (χ4n) is 2.26. The molecule has 130 valence electrons. The van der Waals surface area contributed by atoms with Crippen molar-refractivity contribution in [3.8, 4) is 11.8 Å².